The van der Waals surface area contributed by atoms with E-state index in [9.17, 15) is 38.8 Å². The van der Waals surface area contributed by atoms with Crippen molar-refractivity contribution in [2.45, 2.75) is 24.5 Å². The summed E-state index contributed by atoms with van der Waals surface area (Å²) < 4.78 is 32.3. The molecule has 5 atom stereocenters. The first kappa shape index (κ1) is 32.0. The Bertz CT molecular complexity index is 792. The molecule has 1 aliphatic heterocycles. The Morgan fingerprint density at radius 3 is 2.29 bits per heavy atom. The maximum atomic E-state index is 11.7. The molecule has 18 heteroatoms. The molecule has 0 radical (unpaired) electrons. The Morgan fingerprint density at radius 2 is 1.79 bits per heavy atom. The Hall–Kier alpha value is 1.86. The number of nitrogens with zero attached hydrogens (tertiary/aromatic N) is 2. The van der Waals surface area contributed by atoms with Crippen molar-refractivity contribution in [1.29, 1.82) is 0 Å². The van der Waals surface area contributed by atoms with E-state index in [0.29, 0.717) is 0 Å². The molecule has 1 aliphatic rings. The molecule has 0 bridgehead atoms. The summed E-state index contributed by atoms with van der Waals surface area (Å²) in [5.74, 6) is -1.82. The predicted octanol–water partition coefficient (Wildman–Crippen LogP) is -13.1. The molecule has 5 unspecified atom stereocenters. The average molecular weight is 467 g/mol. The van der Waals surface area contributed by atoms with Crippen LogP contribution in [0.3, 0.4) is 0 Å². The van der Waals surface area contributed by atoms with Crippen LogP contribution in [0.5, 0.6) is 0 Å². The molecule has 1 aromatic rings. The van der Waals surface area contributed by atoms with Gasteiger partial charge in [-0.1, -0.05) is 7.60 Å². The third-order valence-corrected chi connectivity index (χ3v) is 6.56. The summed E-state index contributed by atoms with van der Waals surface area (Å²) in [6.07, 6.45) is -4.95. The number of rotatable bonds is 6. The Morgan fingerprint density at radius 1 is 1.21 bits per heavy atom. The summed E-state index contributed by atoms with van der Waals surface area (Å²) in [6, 6.07) is 1.24. The number of aromatic nitrogens is 2. The van der Waals surface area contributed by atoms with Crippen molar-refractivity contribution in [3.05, 3.63) is 22.7 Å². The number of nitrogen functional groups attached to an aromatic ring is 1. The number of aliphatic hydroxyl groups is 2. The fourth-order valence-corrected chi connectivity index (χ4v) is 4.55. The van der Waals surface area contributed by atoms with E-state index in [1.54, 1.807) is 0 Å². The minimum atomic E-state index is -5.37. The van der Waals surface area contributed by atoms with E-state index in [0.717, 1.165) is 10.8 Å². The molecule has 1 aromatic heterocycles. The third kappa shape index (κ3) is 9.15. The van der Waals surface area contributed by atoms with Gasteiger partial charge >= 0.3 is 94.4 Å². The summed E-state index contributed by atoms with van der Waals surface area (Å²) in [7, 11) is -10.4. The minimum absolute atomic E-state index is 0. The van der Waals surface area contributed by atoms with Gasteiger partial charge in [-0.05, 0) is 6.07 Å². The van der Waals surface area contributed by atoms with Crippen LogP contribution < -0.4 is 115 Å². The first-order chi connectivity index (χ1) is 11.4. The van der Waals surface area contributed by atoms with Crippen molar-refractivity contribution >= 4 is 21.0 Å². The second kappa shape index (κ2) is 12.8. The predicted molar refractivity (Wildman–Crippen MR) is 74.9 cm³/mol. The Kier molecular flexibility index (Phi) is 14.6. The van der Waals surface area contributed by atoms with Crippen molar-refractivity contribution in [2.75, 3.05) is 18.2 Å². The van der Waals surface area contributed by atoms with Crippen molar-refractivity contribution in [3.8, 4) is 0 Å². The molecule has 13 nitrogen and oxygen atoms in total. The molecular formula is C10H14N3Na3O10P2. The van der Waals surface area contributed by atoms with Crippen molar-refractivity contribution in [2.24, 2.45) is 0 Å². The molecule has 0 saturated carbocycles. The molecule has 0 aromatic carbocycles. The quantitative estimate of drug-likeness (QED) is 0.262. The van der Waals surface area contributed by atoms with E-state index in [1.807, 2.05) is 0 Å². The first-order valence-corrected chi connectivity index (χ1v) is 10.2. The van der Waals surface area contributed by atoms with E-state index in [2.05, 4.69) is 9.51 Å². The number of nitrogens with two attached hydrogens (primary N) is 1. The topological polar surface area (TPSA) is 223 Å². The molecule has 0 aliphatic carbocycles. The van der Waals surface area contributed by atoms with E-state index in [4.69, 9.17) is 10.5 Å². The largest absolute Gasteiger partial charge is 1.00 e. The molecule has 28 heavy (non-hydrogen) atoms. The van der Waals surface area contributed by atoms with Crippen LogP contribution in [0.2, 0.25) is 0 Å². The zero-order valence-electron chi connectivity index (χ0n) is 15.4. The molecule has 0 spiro atoms. The van der Waals surface area contributed by atoms with Crippen LogP contribution in [0.25, 0.3) is 0 Å². The van der Waals surface area contributed by atoms with Gasteiger partial charge in [-0.25, -0.2) is 4.79 Å². The van der Waals surface area contributed by atoms with Crippen molar-refractivity contribution in [3.63, 3.8) is 0 Å². The average Bonchev–Trinajstić information content (AvgIpc) is 2.71. The third-order valence-electron chi connectivity index (χ3n) is 3.24. The van der Waals surface area contributed by atoms with Gasteiger partial charge in [-0.15, -0.1) is 0 Å². The molecule has 142 valence electrons. The van der Waals surface area contributed by atoms with Crippen LogP contribution in [0, 0.1) is 0 Å². The number of hydrogen-bond acceptors (Lipinski definition) is 12. The van der Waals surface area contributed by atoms with Gasteiger partial charge in [-0.2, -0.15) is 4.98 Å². The van der Waals surface area contributed by atoms with Crippen molar-refractivity contribution < 1.29 is 132 Å². The van der Waals surface area contributed by atoms with Gasteiger partial charge in [0.1, 0.15) is 31.7 Å². The van der Waals surface area contributed by atoms with Crippen LogP contribution >= 0.6 is 15.2 Å². The van der Waals surface area contributed by atoms with Gasteiger partial charge in [0.2, 0.25) is 0 Å². The van der Waals surface area contributed by atoms with E-state index in [1.165, 1.54) is 6.07 Å². The standard InChI is InChI=1S/C10H17N3O10P2.3Na/c11-6-1-2-13(10(16)12-6)9-8(15)7(14)5(23-9)3-22-25(20,21)4-24(17,18)19;;;/h1-2,5,7-9,14-15H,3-4H2,(H,20,21)(H2,11,12,16)(H2,17,18,19);;;/q;3*+1/p-3. The molecule has 2 rings (SSSR count). The Labute approximate surface area is 225 Å². The van der Waals surface area contributed by atoms with Gasteiger partial charge in [-0.3, -0.25) is 4.57 Å². The summed E-state index contributed by atoms with van der Waals surface area (Å²) in [6.45, 7) is -0.868. The van der Waals surface area contributed by atoms with Gasteiger partial charge in [0, 0.05) is 12.1 Å². The number of aliphatic hydroxyl groups excluding tert-OH is 2. The van der Waals surface area contributed by atoms with Crippen LogP contribution in [0.1, 0.15) is 6.23 Å². The zero-order valence-corrected chi connectivity index (χ0v) is 23.2. The first-order valence-electron chi connectivity index (χ1n) is 6.71. The van der Waals surface area contributed by atoms with Gasteiger partial charge < -0.3 is 49.0 Å². The molecule has 1 saturated heterocycles. The summed E-state index contributed by atoms with van der Waals surface area (Å²) in [5.41, 5.74) is 4.44. The molecular weight excluding hydrogens is 453 g/mol. The van der Waals surface area contributed by atoms with Crippen LogP contribution in [0.15, 0.2) is 17.1 Å². The van der Waals surface area contributed by atoms with Gasteiger partial charge in [0.05, 0.1) is 6.61 Å². The maximum absolute atomic E-state index is 11.7. The summed E-state index contributed by atoms with van der Waals surface area (Å²) in [5, 5.41) is 19.8. The zero-order chi connectivity index (χ0) is 19.0. The van der Waals surface area contributed by atoms with Gasteiger partial charge in [0.15, 0.2) is 6.23 Å². The molecule has 0 amide bonds. The molecule has 4 N–H and O–H groups in total. The van der Waals surface area contributed by atoms with E-state index < -0.39 is 57.9 Å². The fourth-order valence-electron chi connectivity index (χ4n) is 2.16. The number of hydrogen-bond donors (Lipinski definition) is 3. The second-order valence-electron chi connectivity index (χ2n) is 5.25. The summed E-state index contributed by atoms with van der Waals surface area (Å²) in [4.78, 5) is 47.5. The van der Waals surface area contributed by atoms with E-state index >= 15 is 0 Å². The number of anilines is 1. The monoisotopic (exact) mass is 467 g/mol. The molecule has 1 fully saturated rings. The smallest absolute Gasteiger partial charge is 0.810 e. The second-order valence-corrected chi connectivity index (χ2v) is 9.08. The molecule has 2 heterocycles. The Balaban J connectivity index is 0. The number of ether oxygens (including phenoxy) is 1. The minimum Gasteiger partial charge on any atom is -0.810 e. The summed E-state index contributed by atoms with van der Waals surface area (Å²) >= 11 is 0. The maximum Gasteiger partial charge on any atom is 1.00 e. The van der Waals surface area contributed by atoms with Crippen LogP contribution in [-0.2, 0) is 18.4 Å². The van der Waals surface area contributed by atoms with Crippen LogP contribution in [0.4, 0.5) is 5.82 Å². The van der Waals surface area contributed by atoms with E-state index in [-0.39, 0.29) is 94.5 Å². The normalized spacial score (nSPS) is 26.3. The van der Waals surface area contributed by atoms with Crippen molar-refractivity contribution in [1.82, 2.24) is 9.55 Å². The fraction of sp³-hybridized carbons (Fsp3) is 0.600. The van der Waals surface area contributed by atoms with Crippen LogP contribution in [-0.4, -0.2) is 50.6 Å². The van der Waals surface area contributed by atoms with Gasteiger partial charge in [0.25, 0.3) is 0 Å². The SMILES string of the molecule is Nc1ccn(C2OC(COP(=O)([O-])CP(=O)([O-])[O-])C(O)C2O)c(=O)n1.[Na+].[Na+].[Na+].